The number of aromatic nitrogens is 2. The van der Waals surface area contributed by atoms with Crippen LogP contribution in [0, 0.1) is 12.3 Å². The summed E-state index contributed by atoms with van der Waals surface area (Å²) in [6, 6.07) is 6.40. The van der Waals surface area contributed by atoms with Gasteiger partial charge >= 0.3 is 0 Å². The van der Waals surface area contributed by atoms with Crippen LogP contribution in [0.2, 0.25) is 0 Å². The van der Waals surface area contributed by atoms with Gasteiger partial charge in [0, 0.05) is 19.8 Å². The van der Waals surface area contributed by atoms with Gasteiger partial charge in [0.15, 0.2) is 0 Å². The molecule has 0 radical (unpaired) electrons. The lowest BCUT2D eigenvalue weighted by molar-refractivity contribution is 0.0157. The van der Waals surface area contributed by atoms with Crippen molar-refractivity contribution in [1.29, 1.82) is 0 Å². The van der Waals surface area contributed by atoms with Crippen LogP contribution in [0.3, 0.4) is 0 Å². The standard InChI is InChI=1S/C16H21ClN2O/c1-12-3-4-13-14(9-12)19(15(10-17)18-13)11-16(2)5-7-20-8-6-16/h3-4,9H,5-8,10-11H2,1-2H3. The monoisotopic (exact) mass is 292 g/mol. The van der Waals surface area contributed by atoms with Gasteiger partial charge in [0.2, 0.25) is 0 Å². The van der Waals surface area contributed by atoms with Gasteiger partial charge in [-0.25, -0.2) is 4.98 Å². The van der Waals surface area contributed by atoms with Crippen molar-refractivity contribution in [3.05, 3.63) is 29.6 Å². The lowest BCUT2D eigenvalue weighted by Crippen LogP contribution is -2.31. The van der Waals surface area contributed by atoms with Crippen molar-refractivity contribution in [1.82, 2.24) is 9.55 Å². The normalized spacial score (nSPS) is 18.6. The molecule has 0 aliphatic carbocycles. The third kappa shape index (κ3) is 2.57. The molecule has 1 fully saturated rings. The highest BCUT2D eigenvalue weighted by molar-refractivity contribution is 6.16. The Kier molecular flexibility index (Phi) is 3.74. The molecule has 20 heavy (non-hydrogen) atoms. The minimum atomic E-state index is 0.274. The zero-order valence-electron chi connectivity index (χ0n) is 12.2. The molecule has 1 saturated heterocycles. The first-order chi connectivity index (χ1) is 9.61. The third-order valence-electron chi connectivity index (χ3n) is 4.34. The number of hydrogen-bond donors (Lipinski definition) is 0. The molecule has 3 rings (SSSR count). The van der Waals surface area contributed by atoms with Gasteiger partial charge in [-0.05, 0) is 42.9 Å². The number of nitrogens with zero attached hydrogens (tertiary/aromatic N) is 2. The molecular weight excluding hydrogens is 272 g/mol. The highest BCUT2D eigenvalue weighted by Crippen LogP contribution is 2.33. The van der Waals surface area contributed by atoms with Gasteiger partial charge in [0.05, 0.1) is 16.9 Å². The number of fused-ring (bicyclic) bond motifs is 1. The van der Waals surface area contributed by atoms with Crippen LogP contribution in [0.1, 0.15) is 31.2 Å². The van der Waals surface area contributed by atoms with Gasteiger partial charge in [-0.15, -0.1) is 11.6 Å². The van der Waals surface area contributed by atoms with E-state index in [2.05, 4.69) is 41.6 Å². The van der Waals surface area contributed by atoms with Crippen molar-refractivity contribution in [2.45, 2.75) is 39.1 Å². The van der Waals surface area contributed by atoms with E-state index < -0.39 is 0 Å². The zero-order chi connectivity index (χ0) is 14.2. The maximum Gasteiger partial charge on any atom is 0.124 e. The summed E-state index contributed by atoms with van der Waals surface area (Å²) in [5.74, 6) is 1.43. The van der Waals surface area contributed by atoms with Crippen LogP contribution in [0.15, 0.2) is 18.2 Å². The summed E-state index contributed by atoms with van der Waals surface area (Å²) < 4.78 is 7.80. The molecule has 108 valence electrons. The molecule has 0 unspecified atom stereocenters. The Hall–Kier alpha value is -1.06. The van der Waals surface area contributed by atoms with E-state index in [1.807, 2.05) is 0 Å². The van der Waals surface area contributed by atoms with Gasteiger partial charge in [0.25, 0.3) is 0 Å². The van der Waals surface area contributed by atoms with E-state index in [-0.39, 0.29) is 5.41 Å². The van der Waals surface area contributed by atoms with Crippen LogP contribution in [0.5, 0.6) is 0 Å². The van der Waals surface area contributed by atoms with E-state index in [0.717, 1.165) is 43.9 Å². The van der Waals surface area contributed by atoms with Crippen molar-refractivity contribution in [2.75, 3.05) is 13.2 Å². The summed E-state index contributed by atoms with van der Waals surface area (Å²) in [4.78, 5) is 4.67. The Bertz CT molecular complexity index is 614. The van der Waals surface area contributed by atoms with E-state index in [1.165, 1.54) is 11.1 Å². The molecule has 0 atom stereocenters. The summed E-state index contributed by atoms with van der Waals surface area (Å²) in [6.45, 7) is 7.15. The molecule has 1 aromatic carbocycles. The summed E-state index contributed by atoms with van der Waals surface area (Å²) in [5.41, 5.74) is 3.78. The molecule has 4 heteroatoms. The predicted molar refractivity (Wildman–Crippen MR) is 82.2 cm³/mol. The highest BCUT2D eigenvalue weighted by Gasteiger charge is 2.29. The largest absolute Gasteiger partial charge is 0.381 e. The van der Waals surface area contributed by atoms with Gasteiger partial charge in [0.1, 0.15) is 5.82 Å². The molecule has 1 aliphatic rings. The molecule has 0 saturated carbocycles. The molecule has 3 nitrogen and oxygen atoms in total. The zero-order valence-corrected chi connectivity index (χ0v) is 12.9. The Morgan fingerprint density at radius 3 is 2.80 bits per heavy atom. The minimum absolute atomic E-state index is 0.274. The number of rotatable bonds is 3. The second-order valence-electron chi connectivity index (χ2n) is 6.16. The molecule has 1 aliphatic heterocycles. The quantitative estimate of drug-likeness (QED) is 0.802. The van der Waals surface area contributed by atoms with Crippen LogP contribution in [0.4, 0.5) is 0 Å². The van der Waals surface area contributed by atoms with Crippen LogP contribution in [0.25, 0.3) is 11.0 Å². The van der Waals surface area contributed by atoms with E-state index >= 15 is 0 Å². The minimum Gasteiger partial charge on any atom is -0.381 e. The number of hydrogen-bond acceptors (Lipinski definition) is 2. The number of alkyl halides is 1. The topological polar surface area (TPSA) is 27.1 Å². The molecular formula is C16H21ClN2O. The van der Waals surface area contributed by atoms with Gasteiger partial charge in [-0.2, -0.15) is 0 Å². The van der Waals surface area contributed by atoms with E-state index in [4.69, 9.17) is 16.3 Å². The second kappa shape index (κ2) is 5.38. The SMILES string of the molecule is Cc1ccc2nc(CCl)n(CC3(C)CCOCC3)c2c1. The lowest BCUT2D eigenvalue weighted by Gasteiger charge is -2.34. The molecule has 0 spiro atoms. The molecule has 2 heterocycles. The number of aryl methyl sites for hydroxylation is 1. The maximum absolute atomic E-state index is 6.10. The summed E-state index contributed by atoms with van der Waals surface area (Å²) in [6.07, 6.45) is 2.19. The Balaban J connectivity index is 2.02. The number of imidazole rings is 1. The highest BCUT2D eigenvalue weighted by atomic mass is 35.5. The fourth-order valence-electron chi connectivity index (χ4n) is 2.97. The van der Waals surface area contributed by atoms with Gasteiger partial charge in [-0.1, -0.05) is 13.0 Å². The van der Waals surface area contributed by atoms with Crippen molar-refractivity contribution in [3.8, 4) is 0 Å². The van der Waals surface area contributed by atoms with E-state index in [0.29, 0.717) is 5.88 Å². The lowest BCUT2D eigenvalue weighted by atomic mass is 9.82. The van der Waals surface area contributed by atoms with Crippen molar-refractivity contribution in [3.63, 3.8) is 0 Å². The Labute approximate surface area is 124 Å². The summed E-state index contributed by atoms with van der Waals surface area (Å²) in [7, 11) is 0. The first-order valence-corrected chi connectivity index (χ1v) is 7.74. The van der Waals surface area contributed by atoms with Crippen molar-refractivity contribution >= 4 is 22.6 Å². The van der Waals surface area contributed by atoms with E-state index in [1.54, 1.807) is 0 Å². The summed E-state index contributed by atoms with van der Waals surface area (Å²) in [5, 5.41) is 0. The van der Waals surface area contributed by atoms with Crippen LogP contribution < -0.4 is 0 Å². The maximum atomic E-state index is 6.10. The number of benzene rings is 1. The van der Waals surface area contributed by atoms with Crippen molar-refractivity contribution in [2.24, 2.45) is 5.41 Å². The molecule has 0 amide bonds. The Morgan fingerprint density at radius 1 is 1.35 bits per heavy atom. The first kappa shape index (κ1) is 13.9. The Morgan fingerprint density at radius 2 is 2.10 bits per heavy atom. The van der Waals surface area contributed by atoms with Crippen molar-refractivity contribution < 1.29 is 4.74 Å². The van der Waals surface area contributed by atoms with Gasteiger partial charge < -0.3 is 9.30 Å². The molecule has 0 bridgehead atoms. The summed E-state index contributed by atoms with van der Waals surface area (Å²) >= 11 is 6.10. The second-order valence-corrected chi connectivity index (χ2v) is 6.43. The fraction of sp³-hybridized carbons (Fsp3) is 0.562. The average Bonchev–Trinajstić information content (AvgIpc) is 2.77. The van der Waals surface area contributed by atoms with Crippen LogP contribution >= 0.6 is 11.6 Å². The van der Waals surface area contributed by atoms with Crippen LogP contribution in [-0.2, 0) is 17.2 Å². The third-order valence-corrected chi connectivity index (χ3v) is 4.58. The molecule has 0 N–H and O–H groups in total. The first-order valence-electron chi connectivity index (χ1n) is 7.21. The van der Waals surface area contributed by atoms with Crippen LogP contribution in [-0.4, -0.2) is 22.8 Å². The molecule has 1 aromatic heterocycles. The fourth-order valence-corrected chi connectivity index (χ4v) is 3.17. The number of halogens is 1. The molecule has 2 aromatic rings. The van der Waals surface area contributed by atoms with E-state index in [9.17, 15) is 0 Å². The van der Waals surface area contributed by atoms with Gasteiger partial charge in [-0.3, -0.25) is 0 Å². The smallest absolute Gasteiger partial charge is 0.124 e. The predicted octanol–water partition coefficient (Wildman–Crippen LogP) is 3.90. The number of ether oxygens (including phenoxy) is 1. The average molecular weight is 293 g/mol.